The summed E-state index contributed by atoms with van der Waals surface area (Å²) in [6, 6.07) is 1.63. The molecule has 12 nitrogen and oxygen atoms in total. The maximum absolute atomic E-state index is 13.9. The van der Waals surface area contributed by atoms with Crippen LogP contribution in [0, 0.1) is 5.41 Å². The third-order valence-corrected chi connectivity index (χ3v) is 7.50. The van der Waals surface area contributed by atoms with Gasteiger partial charge in [-0.2, -0.15) is 10.2 Å². The smallest absolute Gasteiger partial charge is 0.410 e. The fraction of sp³-hybridized carbons (Fsp3) is 0.577. The molecule has 3 saturated heterocycles. The van der Waals surface area contributed by atoms with E-state index in [-0.39, 0.29) is 22.7 Å². The number of rotatable bonds is 5. The number of ether oxygens (including phenoxy) is 2. The molecular formula is C26H32F2N8O4. The highest BCUT2D eigenvalue weighted by Gasteiger charge is 2.49. The summed E-state index contributed by atoms with van der Waals surface area (Å²) >= 11 is 0. The fourth-order valence-electron chi connectivity index (χ4n) is 5.37. The van der Waals surface area contributed by atoms with Gasteiger partial charge in [-0.1, -0.05) is 0 Å². The molecule has 1 spiro atoms. The highest BCUT2D eigenvalue weighted by molar-refractivity contribution is 6.08. The minimum Gasteiger partial charge on any atom is -0.444 e. The number of piperidine rings is 1. The lowest BCUT2D eigenvalue weighted by atomic mass is 9.78. The molecule has 3 aliphatic heterocycles. The largest absolute Gasteiger partial charge is 0.444 e. The molecule has 0 bridgehead atoms. The number of fused-ring (bicyclic) bond motifs is 1. The number of likely N-dealkylation sites (tertiary alicyclic amines) is 1. The maximum Gasteiger partial charge on any atom is 0.410 e. The first kappa shape index (κ1) is 26.4. The molecule has 6 heterocycles. The summed E-state index contributed by atoms with van der Waals surface area (Å²) in [4.78, 5) is 34.0. The van der Waals surface area contributed by atoms with Crippen LogP contribution < -0.4 is 10.2 Å². The molecule has 3 fully saturated rings. The van der Waals surface area contributed by atoms with Crippen molar-refractivity contribution in [2.75, 3.05) is 49.6 Å². The van der Waals surface area contributed by atoms with Crippen LogP contribution in [0.15, 0.2) is 24.7 Å². The van der Waals surface area contributed by atoms with Gasteiger partial charge in [0, 0.05) is 38.6 Å². The molecule has 3 aliphatic rings. The highest BCUT2D eigenvalue weighted by Crippen LogP contribution is 2.39. The van der Waals surface area contributed by atoms with Crippen LogP contribution in [0.25, 0.3) is 5.65 Å². The van der Waals surface area contributed by atoms with E-state index < -0.39 is 29.7 Å². The predicted molar refractivity (Wildman–Crippen MR) is 140 cm³/mol. The standard InChI is InChI=1S/C26H32F2N8O4/c1-25(2,3)40-24(38)33-7-4-16(5-8-33)36-11-18(20(32-36)21(27)28)30-23(37)17-10-29-35-9-6-19(31-22(17)35)34-12-26(13-34)14-39-15-26/h6,9-11,16,21H,4-5,7-8,12-15H2,1-3H3,(H,30,37). The van der Waals surface area contributed by atoms with E-state index in [1.54, 1.807) is 31.9 Å². The SMILES string of the molecule is CC(C)(C)OC(=O)N1CCC(n2cc(NC(=O)c3cnn4ccc(N5CC6(COC6)C5)nc34)c(C(F)F)n2)CC1. The highest BCUT2D eigenvalue weighted by atomic mass is 19.3. The molecule has 2 amide bonds. The van der Waals surface area contributed by atoms with E-state index in [2.05, 4.69) is 25.4 Å². The van der Waals surface area contributed by atoms with Crippen LogP contribution in [0.1, 0.15) is 62.1 Å². The van der Waals surface area contributed by atoms with Crippen LogP contribution in [-0.2, 0) is 9.47 Å². The first-order valence-corrected chi connectivity index (χ1v) is 13.3. The molecule has 0 aliphatic carbocycles. The molecule has 0 atom stereocenters. The number of aromatic nitrogens is 5. The predicted octanol–water partition coefficient (Wildman–Crippen LogP) is 3.52. The minimum atomic E-state index is -2.89. The quantitative estimate of drug-likeness (QED) is 0.505. The Labute approximate surface area is 229 Å². The van der Waals surface area contributed by atoms with Gasteiger partial charge in [0.15, 0.2) is 11.3 Å². The molecule has 0 saturated carbocycles. The molecule has 214 valence electrons. The fourth-order valence-corrected chi connectivity index (χ4v) is 5.37. The van der Waals surface area contributed by atoms with E-state index in [0.29, 0.717) is 31.6 Å². The van der Waals surface area contributed by atoms with Gasteiger partial charge in [0.25, 0.3) is 12.3 Å². The second-order valence-electron chi connectivity index (χ2n) is 11.8. The Morgan fingerprint density at radius 2 is 1.93 bits per heavy atom. The normalized spacial score (nSPS) is 19.1. The number of halogens is 2. The lowest BCUT2D eigenvalue weighted by molar-refractivity contribution is -0.127. The number of hydrogen-bond donors (Lipinski definition) is 1. The Balaban J connectivity index is 1.15. The number of anilines is 2. The molecule has 0 aromatic carbocycles. The Kier molecular flexibility index (Phi) is 6.39. The molecule has 0 unspecified atom stereocenters. The van der Waals surface area contributed by atoms with Crippen LogP contribution >= 0.6 is 0 Å². The van der Waals surface area contributed by atoms with Crippen LogP contribution in [0.5, 0.6) is 0 Å². The molecular weight excluding hydrogens is 526 g/mol. The van der Waals surface area contributed by atoms with Crippen molar-refractivity contribution < 1.29 is 27.8 Å². The second kappa shape index (κ2) is 9.68. The third-order valence-electron chi connectivity index (χ3n) is 7.50. The van der Waals surface area contributed by atoms with Crippen LogP contribution in [0.2, 0.25) is 0 Å². The number of hydrogen-bond acceptors (Lipinski definition) is 8. The zero-order chi connectivity index (χ0) is 28.2. The van der Waals surface area contributed by atoms with E-state index in [4.69, 9.17) is 9.47 Å². The van der Waals surface area contributed by atoms with Crippen molar-refractivity contribution in [3.05, 3.63) is 35.9 Å². The number of carbonyl (C=O) groups is 2. The van der Waals surface area contributed by atoms with Crippen molar-refractivity contribution in [2.24, 2.45) is 5.41 Å². The Morgan fingerprint density at radius 1 is 1.20 bits per heavy atom. The van der Waals surface area contributed by atoms with Gasteiger partial charge in [0.1, 0.15) is 17.0 Å². The van der Waals surface area contributed by atoms with Gasteiger partial charge >= 0.3 is 6.09 Å². The van der Waals surface area contributed by atoms with Crippen molar-refractivity contribution in [3.63, 3.8) is 0 Å². The van der Waals surface area contributed by atoms with E-state index in [9.17, 15) is 18.4 Å². The summed E-state index contributed by atoms with van der Waals surface area (Å²) < 4.78 is 41.5. The van der Waals surface area contributed by atoms with Crippen LogP contribution in [0.4, 0.5) is 25.1 Å². The number of carbonyl (C=O) groups excluding carboxylic acids is 2. The summed E-state index contributed by atoms with van der Waals surface area (Å²) in [5, 5.41) is 10.9. The number of amides is 2. The number of nitrogens with zero attached hydrogens (tertiary/aromatic N) is 7. The molecule has 3 aromatic heterocycles. The van der Waals surface area contributed by atoms with Crippen molar-refractivity contribution in [2.45, 2.75) is 51.7 Å². The summed E-state index contributed by atoms with van der Waals surface area (Å²) in [6.07, 6.45) is 2.27. The lowest BCUT2D eigenvalue weighted by Gasteiger charge is -2.55. The summed E-state index contributed by atoms with van der Waals surface area (Å²) in [5.41, 5.74) is -0.478. The summed E-state index contributed by atoms with van der Waals surface area (Å²) in [7, 11) is 0. The Morgan fingerprint density at radius 3 is 2.55 bits per heavy atom. The van der Waals surface area contributed by atoms with Crippen LogP contribution in [-0.4, -0.2) is 86.3 Å². The van der Waals surface area contributed by atoms with Gasteiger partial charge in [0.2, 0.25) is 0 Å². The first-order chi connectivity index (χ1) is 19.0. The van der Waals surface area contributed by atoms with E-state index in [0.717, 1.165) is 32.1 Å². The zero-order valence-corrected chi connectivity index (χ0v) is 22.6. The van der Waals surface area contributed by atoms with Gasteiger partial charge in [-0.05, 0) is 39.7 Å². The number of alkyl halides is 2. The van der Waals surface area contributed by atoms with Crippen molar-refractivity contribution in [1.82, 2.24) is 29.3 Å². The van der Waals surface area contributed by atoms with Crippen molar-refractivity contribution in [3.8, 4) is 0 Å². The molecule has 3 aromatic rings. The van der Waals surface area contributed by atoms with Crippen molar-refractivity contribution >= 4 is 29.2 Å². The van der Waals surface area contributed by atoms with Gasteiger partial charge in [-0.25, -0.2) is 23.1 Å². The van der Waals surface area contributed by atoms with E-state index in [1.165, 1.54) is 21.6 Å². The Hall–Kier alpha value is -3.81. The van der Waals surface area contributed by atoms with Crippen LogP contribution in [0.3, 0.4) is 0 Å². The zero-order valence-electron chi connectivity index (χ0n) is 22.6. The summed E-state index contributed by atoms with van der Waals surface area (Å²) in [5.74, 6) is 0.117. The molecule has 40 heavy (non-hydrogen) atoms. The van der Waals surface area contributed by atoms with Gasteiger partial charge in [-0.3, -0.25) is 9.48 Å². The monoisotopic (exact) mass is 558 g/mol. The molecule has 6 rings (SSSR count). The minimum absolute atomic E-state index is 0.0697. The number of nitrogens with one attached hydrogen (secondary N) is 1. The second-order valence-corrected chi connectivity index (χ2v) is 11.8. The van der Waals surface area contributed by atoms with E-state index in [1.807, 2.05) is 6.07 Å². The first-order valence-electron chi connectivity index (χ1n) is 13.3. The van der Waals surface area contributed by atoms with Gasteiger partial charge in [-0.15, -0.1) is 0 Å². The topological polar surface area (TPSA) is 119 Å². The molecule has 1 N–H and O–H groups in total. The van der Waals surface area contributed by atoms with Gasteiger partial charge < -0.3 is 24.6 Å². The lowest BCUT2D eigenvalue weighted by Crippen LogP contribution is -2.66. The molecule has 0 radical (unpaired) electrons. The average molecular weight is 559 g/mol. The average Bonchev–Trinajstić information content (AvgIpc) is 3.46. The third kappa shape index (κ3) is 4.95. The van der Waals surface area contributed by atoms with Gasteiger partial charge in [0.05, 0.1) is 36.6 Å². The van der Waals surface area contributed by atoms with E-state index >= 15 is 0 Å². The Bertz CT molecular complexity index is 1430. The molecule has 14 heteroatoms. The van der Waals surface area contributed by atoms with Crippen molar-refractivity contribution in [1.29, 1.82) is 0 Å². The summed E-state index contributed by atoms with van der Waals surface area (Å²) in [6.45, 7) is 9.38. The maximum atomic E-state index is 13.9.